The fourth-order valence-corrected chi connectivity index (χ4v) is 5.98. The summed E-state index contributed by atoms with van der Waals surface area (Å²) in [6, 6.07) is 18.3. The van der Waals surface area contributed by atoms with Crippen LogP contribution in [-0.4, -0.2) is 63.2 Å². The fourth-order valence-electron chi connectivity index (χ4n) is 5.15. The number of nitrogens with one attached hydrogen (secondary N) is 2. The van der Waals surface area contributed by atoms with E-state index in [4.69, 9.17) is 0 Å². The Morgan fingerprint density at radius 1 is 1.15 bits per heavy atom. The van der Waals surface area contributed by atoms with Crippen LogP contribution in [0.4, 0.5) is 0 Å². The number of thiazole rings is 1. The average molecular weight is 558 g/mol. The third-order valence-electron chi connectivity index (χ3n) is 7.25. The fraction of sp³-hybridized carbons (Fsp3) is 0.323. The summed E-state index contributed by atoms with van der Waals surface area (Å²) in [5.41, 5.74) is 3.43. The Bertz CT molecular complexity index is 1430. The lowest BCUT2D eigenvalue weighted by Gasteiger charge is -2.29. The Morgan fingerprint density at radius 2 is 1.90 bits per heavy atom. The quantitative estimate of drug-likeness (QED) is 0.274. The van der Waals surface area contributed by atoms with Crippen molar-refractivity contribution in [2.75, 3.05) is 13.6 Å². The van der Waals surface area contributed by atoms with Crippen LogP contribution in [0.2, 0.25) is 0 Å². The number of hydrogen-bond acceptors (Lipinski definition) is 6. The molecule has 2 aromatic heterocycles. The zero-order valence-electron chi connectivity index (χ0n) is 22.8. The number of amides is 2. The van der Waals surface area contributed by atoms with E-state index in [1.807, 2.05) is 71.7 Å². The molecule has 1 aliphatic rings. The maximum Gasteiger partial charge on any atom is 0.254 e. The standard InChI is InChI=1S/C31H35N5O3S/c1-21-20-40-28(33-21)19-35(2)31(39)24-16-23(17-25(18-24)36-13-6-7-14-36)30(38)34-27(15-22-9-4-3-5-10-22)29(37)26-11-8-12-32-26/h3-7,9-10,13-14,16-18,20,26-27,29,32,37H,8,11-12,15,19H2,1-2H3,(H,34,38)/t26-,27+,29-/m1/s1. The zero-order valence-corrected chi connectivity index (χ0v) is 23.6. The van der Waals surface area contributed by atoms with Gasteiger partial charge in [-0.15, -0.1) is 11.3 Å². The van der Waals surface area contributed by atoms with Crippen LogP contribution in [0.25, 0.3) is 5.69 Å². The lowest BCUT2D eigenvalue weighted by Crippen LogP contribution is -2.52. The van der Waals surface area contributed by atoms with Gasteiger partial charge in [-0.3, -0.25) is 9.59 Å². The molecule has 2 aromatic carbocycles. The van der Waals surface area contributed by atoms with Crippen LogP contribution in [0.15, 0.2) is 78.4 Å². The molecule has 5 rings (SSSR count). The lowest BCUT2D eigenvalue weighted by atomic mass is 9.95. The predicted molar refractivity (Wildman–Crippen MR) is 157 cm³/mol. The van der Waals surface area contributed by atoms with Gasteiger partial charge in [0.1, 0.15) is 5.01 Å². The smallest absolute Gasteiger partial charge is 0.254 e. The molecule has 1 saturated heterocycles. The average Bonchev–Trinajstić information content (AvgIpc) is 3.76. The number of carbonyl (C=O) groups excluding carboxylic acids is 2. The summed E-state index contributed by atoms with van der Waals surface area (Å²) in [4.78, 5) is 33.3. The first-order valence-corrected chi connectivity index (χ1v) is 14.5. The minimum absolute atomic E-state index is 0.0829. The van der Waals surface area contributed by atoms with Crippen molar-refractivity contribution in [2.24, 2.45) is 0 Å². The van der Waals surface area contributed by atoms with E-state index in [1.54, 1.807) is 30.1 Å². The second kappa shape index (κ2) is 12.6. The van der Waals surface area contributed by atoms with Gasteiger partial charge in [0.05, 0.1) is 18.7 Å². The number of aromatic nitrogens is 2. The van der Waals surface area contributed by atoms with Crippen LogP contribution in [0.5, 0.6) is 0 Å². The Labute approximate surface area is 238 Å². The van der Waals surface area contributed by atoms with Gasteiger partial charge < -0.3 is 25.2 Å². The lowest BCUT2D eigenvalue weighted by molar-refractivity contribution is 0.0737. The van der Waals surface area contributed by atoms with Crippen molar-refractivity contribution in [2.45, 2.75) is 50.9 Å². The van der Waals surface area contributed by atoms with Crippen molar-refractivity contribution in [3.8, 4) is 5.69 Å². The third-order valence-corrected chi connectivity index (χ3v) is 8.20. The van der Waals surface area contributed by atoms with Crippen molar-refractivity contribution < 1.29 is 14.7 Å². The van der Waals surface area contributed by atoms with Crippen LogP contribution in [0, 0.1) is 6.92 Å². The van der Waals surface area contributed by atoms with Crippen LogP contribution in [0.1, 0.15) is 49.8 Å². The van der Waals surface area contributed by atoms with E-state index >= 15 is 0 Å². The molecule has 1 aliphatic heterocycles. The number of rotatable bonds is 10. The molecule has 40 heavy (non-hydrogen) atoms. The van der Waals surface area contributed by atoms with Crippen molar-refractivity contribution in [3.63, 3.8) is 0 Å². The second-order valence-corrected chi connectivity index (χ2v) is 11.3. The van der Waals surface area contributed by atoms with Crippen LogP contribution in [-0.2, 0) is 13.0 Å². The molecular weight excluding hydrogens is 522 g/mol. The van der Waals surface area contributed by atoms with E-state index in [0.717, 1.165) is 35.7 Å². The van der Waals surface area contributed by atoms with Crippen LogP contribution in [0.3, 0.4) is 0 Å². The van der Waals surface area contributed by atoms with Crippen LogP contribution < -0.4 is 10.6 Å². The van der Waals surface area contributed by atoms with E-state index in [9.17, 15) is 14.7 Å². The SMILES string of the molecule is Cc1csc(CN(C)C(=O)c2cc(C(=O)N[C@@H](Cc3ccccc3)[C@H](O)[C@H]3CCCN3)cc(-n3cccc3)c2)n1. The van der Waals surface area contributed by atoms with E-state index in [0.29, 0.717) is 29.8 Å². The van der Waals surface area contributed by atoms with Gasteiger partial charge in [0.15, 0.2) is 0 Å². The van der Waals surface area contributed by atoms with Gasteiger partial charge in [-0.2, -0.15) is 0 Å². The van der Waals surface area contributed by atoms with E-state index < -0.39 is 12.1 Å². The Morgan fingerprint density at radius 3 is 2.58 bits per heavy atom. The van der Waals surface area contributed by atoms with Gasteiger partial charge in [0, 0.05) is 53.4 Å². The molecule has 3 N–H and O–H groups in total. The number of carbonyl (C=O) groups is 2. The first-order valence-electron chi connectivity index (χ1n) is 13.6. The Hall–Kier alpha value is -3.79. The highest BCUT2D eigenvalue weighted by Gasteiger charge is 2.31. The molecule has 208 valence electrons. The number of benzene rings is 2. The summed E-state index contributed by atoms with van der Waals surface area (Å²) in [5, 5.41) is 20.6. The normalized spacial score (nSPS) is 16.4. The molecule has 3 atom stereocenters. The molecule has 0 unspecified atom stereocenters. The van der Waals surface area contributed by atoms with Gasteiger partial charge in [0.2, 0.25) is 0 Å². The highest BCUT2D eigenvalue weighted by Crippen LogP contribution is 2.20. The number of aliphatic hydroxyl groups is 1. The van der Waals surface area contributed by atoms with Gasteiger partial charge in [-0.1, -0.05) is 30.3 Å². The van der Waals surface area contributed by atoms with Gasteiger partial charge in [0.25, 0.3) is 11.8 Å². The minimum atomic E-state index is -0.756. The van der Waals surface area contributed by atoms with Gasteiger partial charge in [-0.25, -0.2) is 4.98 Å². The molecule has 0 saturated carbocycles. The van der Waals surface area contributed by atoms with E-state index in [1.165, 1.54) is 11.3 Å². The monoisotopic (exact) mass is 557 g/mol. The first kappa shape index (κ1) is 27.8. The molecule has 0 radical (unpaired) electrons. The summed E-state index contributed by atoms with van der Waals surface area (Å²) in [6.45, 7) is 3.16. The summed E-state index contributed by atoms with van der Waals surface area (Å²) in [5.74, 6) is -0.536. The summed E-state index contributed by atoms with van der Waals surface area (Å²) >= 11 is 1.52. The Balaban J connectivity index is 1.42. The van der Waals surface area contributed by atoms with E-state index in [2.05, 4.69) is 15.6 Å². The number of nitrogens with zero attached hydrogens (tertiary/aromatic N) is 3. The molecule has 0 spiro atoms. The van der Waals surface area contributed by atoms with Gasteiger partial charge >= 0.3 is 0 Å². The molecule has 0 bridgehead atoms. The van der Waals surface area contributed by atoms with Gasteiger partial charge in [-0.05, 0) is 68.6 Å². The molecule has 1 fully saturated rings. The van der Waals surface area contributed by atoms with Crippen molar-refractivity contribution in [1.29, 1.82) is 0 Å². The minimum Gasteiger partial charge on any atom is -0.389 e. The summed E-state index contributed by atoms with van der Waals surface area (Å²) < 4.78 is 1.87. The largest absolute Gasteiger partial charge is 0.389 e. The first-order chi connectivity index (χ1) is 19.4. The maximum atomic E-state index is 13.7. The number of hydrogen-bond donors (Lipinski definition) is 3. The molecule has 4 aromatic rings. The number of aliphatic hydroxyl groups excluding tert-OH is 1. The van der Waals surface area contributed by atoms with Crippen LogP contribution >= 0.6 is 11.3 Å². The molecular formula is C31H35N5O3S. The second-order valence-electron chi connectivity index (χ2n) is 10.4. The predicted octanol–water partition coefficient (Wildman–Crippen LogP) is 3.97. The molecule has 0 aliphatic carbocycles. The summed E-state index contributed by atoms with van der Waals surface area (Å²) in [7, 11) is 1.74. The molecule has 3 heterocycles. The molecule has 8 nitrogen and oxygen atoms in total. The third kappa shape index (κ3) is 6.67. The Kier molecular flexibility index (Phi) is 8.74. The van der Waals surface area contributed by atoms with Crippen molar-refractivity contribution in [1.82, 2.24) is 25.1 Å². The van der Waals surface area contributed by atoms with E-state index in [-0.39, 0.29) is 17.9 Å². The topological polar surface area (TPSA) is 99.5 Å². The highest BCUT2D eigenvalue weighted by atomic mass is 32.1. The zero-order chi connectivity index (χ0) is 28.1. The maximum absolute atomic E-state index is 13.7. The van der Waals surface area contributed by atoms with Crippen molar-refractivity contribution in [3.05, 3.63) is 106 Å². The molecule has 9 heteroatoms. The van der Waals surface area contributed by atoms with Crippen molar-refractivity contribution >= 4 is 23.2 Å². The highest BCUT2D eigenvalue weighted by molar-refractivity contribution is 7.09. The number of aryl methyl sites for hydroxylation is 1. The molecule has 2 amide bonds. The summed E-state index contributed by atoms with van der Waals surface area (Å²) in [6.07, 6.45) is 5.34.